The molecule has 0 aliphatic heterocycles. The summed E-state index contributed by atoms with van der Waals surface area (Å²) in [5.41, 5.74) is 14.9. The first-order chi connectivity index (χ1) is 26.8. The standard InChI is InChI=1S/C54H44/c1-3-25-41-37(17-1)19-13-21-39(41)23-15-35-53-47-31-9-5-27-43(47)52(44-28-6-10-32-48(44)53)54(36-16-24-40-22-14-20-38-18-2-4-26-42(38)40)49-33-11-7-29-45(49)51(53)46-30-8-12-34-50(46)54/h1-14,17-22,25-34,51-52H,15-16,23-24,35-36H2. The molecule has 0 saturated heterocycles. The summed E-state index contributed by atoms with van der Waals surface area (Å²) < 4.78 is 0. The Hall–Kier alpha value is -5.72. The van der Waals surface area contributed by atoms with E-state index >= 15 is 0 Å². The molecule has 14 rings (SSSR count). The van der Waals surface area contributed by atoms with Gasteiger partial charge in [0.25, 0.3) is 0 Å². The van der Waals surface area contributed by atoms with Gasteiger partial charge in [0, 0.05) is 22.7 Å². The minimum atomic E-state index is -0.198. The van der Waals surface area contributed by atoms with Gasteiger partial charge < -0.3 is 0 Å². The maximum absolute atomic E-state index is 2.52. The smallest absolute Gasteiger partial charge is 0.0318 e. The maximum Gasteiger partial charge on any atom is 0.0318 e. The predicted octanol–water partition coefficient (Wildman–Crippen LogP) is 13.2. The Kier molecular flexibility index (Phi) is 7.31. The fourth-order valence-electron chi connectivity index (χ4n) is 11.9. The van der Waals surface area contributed by atoms with E-state index in [0.29, 0.717) is 0 Å². The molecule has 4 bridgehead atoms. The summed E-state index contributed by atoms with van der Waals surface area (Å²) in [6.45, 7) is 0. The van der Waals surface area contributed by atoms with Crippen molar-refractivity contribution in [2.45, 2.75) is 61.2 Å². The van der Waals surface area contributed by atoms with E-state index in [2.05, 4.69) is 182 Å². The van der Waals surface area contributed by atoms with Crippen molar-refractivity contribution >= 4 is 21.5 Å². The molecule has 0 aromatic heterocycles. The zero-order valence-corrected chi connectivity index (χ0v) is 30.7. The Labute approximate surface area is 319 Å². The lowest BCUT2D eigenvalue weighted by atomic mass is 9.41. The highest BCUT2D eigenvalue weighted by Gasteiger charge is 2.61. The number of benzene rings is 8. The third-order valence-corrected chi connectivity index (χ3v) is 13.8. The van der Waals surface area contributed by atoms with E-state index in [0.717, 1.165) is 38.5 Å². The van der Waals surface area contributed by atoms with Gasteiger partial charge in [-0.15, -0.1) is 0 Å². The lowest BCUT2D eigenvalue weighted by molar-refractivity contribution is 0.299. The van der Waals surface area contributed by atoms with Crippen molar-refractivity contribution in [1.82, 2.24) is 0 Å². The van der Waals surface area contributed by atoms with Crippen LogP contribution >= 0.6 is 0 Å². The molecule has 260 valence electrons. The fraction of sp³-hybridized carbons (Fsp3) is 0.185. The number of fused-ring (bicyclic) bond motifs is 2. The van der Waals surface area contributed by atoms with Crippen LogP contribution in [0.1, 0.15) is 93.2 Å². The summed E-state index contributed by atoms with van der Waals surface area (Å²) >= 11 is 0. The Morgan fingerprint density at radius 3 is 1.02 bits per heavy atom. The third-order valence-electron chi connectivity index (χ3n) is 13.8. The van der Waals surface area contributed by atoms with E-state index in [1.54, 1.807) is 44.5 Å². The van der Waals surface area contributed by atoms with Gasteiger partial charge in [0.2, 0.25) is 0 Å². The van der Waals surface area contributed by atoms with Crippen LogP contribution in [0.15, 0.2) is 182 Å². The first-order valence-corrected chi connectivity index (χ1v) is 20.1. The Morgan fingerprint density at radius 1 is 0.315 bits per heavy atom. The van der Waals surface area contributed by atoms with E-state index in [1.165, 1.54) is 32.7 Å². The Balaban J connectivity index is 1.11. The van der Waals surface area contributed by atoms with Gasteiger partial charge in [-0.05, 0) is 116 Å². The molecule has 0 nitrogen and oxygen atoms in total. The van der Waals surface area contributed by atoms with Crippen LogP contribution in [0.25, 0.3) is 21.5 Å². The normalized spacial score (nSPS) is 21.6. The number of aryl methyl sites for hydroxylation is 2. The van der Waals surface area contributed by atoms with E-state index in [-0.39, 0.29) is 22.7 Å². The molecule has 8 aromatic rings. The second-order valence-corrected chi connectivity index (χ2v) is 16.1. The van der Waals surface area contributed by atoms with Gasteiger partial charge in [-0.2, -0.15) is 0 Å². The SMILES string of the molecule is c1ccc2c(c1)C1c3ccccc3C2(CCCc2cccc3ccccc23)C2c3ccccc3C1(CCCc1cccc3ccccc13)c1ccccc12. The Morgan fingerprint density at radius 2 is 0.630 bits per heavy atom. The minimum Gasteiger partial charge on any atom is -0.0620 e. The summed E-state index contributed by atoms with van der Waals surface area (Å²) in [7, 11) is 0. The van der Waals surface area contributed by atoms with Crippen molar-refractivity contribution in [3.63, 3.8) is 0 Å². The molecule has 0 N–H and O–H groups in total. The average molecular weight is 693 g/mol. The summed E-state index contributed by atoms with van der Waals surface area (Å²) in [6, 6.07) is 70.2. The summed E-state index contributed by atoms with van der Waals surface area (Å²) in [5, 5.41) is 5.45. The van der Waals surface area contributed by atoms with Gasteiger partial charge in [-0.3, -0.25) is 0 Å². The predicted molar refractivity (Wildman–Crippen MR) is 225 cm³/mol. The van der Waals surface area contributed by atoms with Crippen LogP contribution in [-0.4, -0.2) is 0 Å². The summed E-state index contributed by atoms with van der Waals surface area (Å²) in [4.78, 5) is 0. The van der Waals surface area contributed by atoms with Crippen LogP contribution < -0.4 is 0 Å². The van der Waals surface area contributed by atoms with Gasteiger partial charge in [0.05, 0.1) is 0 Å². The molecular weight excluding hydrogens is 649 g/mol. The van der Waals surface area contributed by atoms with Crippen LogP contribution in [0.5, 0.6) is 0 Å². The molecule has 0 radical (unpaired) electrons. The van der Waals surface area contributed by atoms with Crippen molar-refractivity contribution in [3.8, 4) is 0 Å². The Bertz CT molecular complexity index is 2420. The van der Waals surface area contributed by atoms with E-state index in [9.17, 15) is 0 Å². The second kappa shape index (κ2) is 12.4. The molecule has 0 fully saturated rings. The van der Waals surface area contributed by atoms with Crippen molar-refractivity contribution in [3.05, 3.63) is 238 Å². The van der Waals surface area contributed by atoms with E-state index in [4.69, 9.17) is 0 Å². The second-order valence-electron chi connectivity index (χ2n) is 16.1. The van der Waals surface area contributed by atoms with Gasteiger partial charge in [-0.25, -0.2) is 0 Å². The topological polar surface area (TPSA) is 0 Å². The average Bonchev–Trinajstić information content (AvgIpc) is 3.23. The maximum atomic E-state index is 2.52. The van der Waals surface area contributed by atoms with Crippen molar-refractivity contribution in [2.24, 2.45) is 0 Å². The fourth-order valence-corrected chi connectivity index (χ4v) is 11.9. The third kappa shape index (κ3) is 4.43. The molecule has 8 aromatic carbocycles. The minimum absolute atomic E-state index is 0.198. The van der Waals surface area contributed by atoms with Crippen molar-refractivity contribution in [2.75, 3.05) is 0 Å². The molecule has 6 aliphatic rings. The van der Waals surface area contributed by atoms with E-state index in [1.807, 2.05) is 0 Å². The van der Waals surface area contributed by atoms with Crippen LogP contribution in [-0.2, 0) is 23.7 Å². The molecular formula is C54H44. The number of hydrogen-bond donors (Lipinski definition) is 0. The van der Waals surface area contributed by atoms with Crippen molar-refractivity contribution in [1.29, 1.82) is 0 Å². The van der Waals surface area contributed by atoms with Crippen LogP contribution in [0.4, 0.5) is 0 Å². The molecule has 0 heteroatoms. The van der Waals surface area contributed by atoms with Gasteiger partial charge in [0.1, 0.15) is 0 Å². The molecule has 0 heterocycles. The largest absolute Gasteiger partial charge is 0.0620 e. The van der Waals surface area contributed by atoms with Gasteiger partial charge in [0.15, 0.2) is 0 Å². The number of hydrogen-bond acceptors (Lipinski definition) is 0. The highest BCUT2D eigenvalue weighted by Crippen LogP contribution is 2.70. The molecule has 0 atom stereocenters. The van der Waals surface area contributed by atoms with Crippen molar-refractivity contribution < 1.29 is 0 Å². The van der Waals surface area contributed by atoms with Gasteiger partial charge in [-0.1, -0.05) is 182 Å². The van der Waals surface area contributed by atoms with Crippen LogP contribution in [0.2, 0.25) is 0 Å². The lowest BCUT2D eigenvalue weighted by Gasteiger charge is -2.61. The molecule has 6 aliphatic carbocycles. The zero-order chi connectivity index (χ0) is 35.7. The zero-order valence-electron chi connectivity index (χ0n) is 30.7. The first-order valence-electron chi connectivity index (χ1n) is 20.1. The molecule has 0 unspecified atom stereocenters. The van der Waals surface area contributed by atoms with Gasteiger partial charge >= 0.3 is 0 Å². The highest BCUT2D eigenvalue weighted by atomic mass is 14.6. The lowest BCUT2D eigenvalue weighted by Crippen LogP contribution is -2.53. The van der Waals surface area contributed by atoms with E-state index < -0.39 is 0 Å². The first kappa shape index (κ1) is 31.8. The van der Waals surface area contributed by atoms with Crippen LogP contribution in [0, 0.1) is 0 Å². The quantitative estimate of drug-likeness (QED) is 0.149. The number of rotatable bonds is 8. The molecule has 0 saturated carbocycles. The highest BCUT2D eigenvalue weighted by molar-refractivity contribution is 5.86. The summed E-state index contributed by atoms with van der Waals surface area (Å²) in [5.74, 6) is 0.430. The monoisotopic (exact) mass is 692 g/mol. The van der Waals surface area contributed by atoms with Crippen LogP contribution in [0.3, 0.4) is 0 Å². The summed E-state index contributed by atoms with van der Waals surface area (Å²) in [6.07, 6.45) is 6.50. The molecule has 0 spiro atoms. The molecule has 0 amide bonds. The molecule has 54 heavy (non-hydrogen) atoms.